The monoisotopic (exact) mass is 350 g/mol. The molecule has 3 aromatic heterocycles. The van der Waals surface area contributed by atoms with Gasteiger partial charge in [0, 0.05) is 41.4 Å². The van der Waals surface area contributed by atoms with Gasteiger partial charge in [-0.3, -0.25) is 14.8 Å². The van der Waals surface area contributed by atoms with Crippen molar-refractivity contribution in [2.45, 2.75) is 25.8 Å². The zero-order valence-corrected chi connectivity index (χ0v) is 14.5. The number of nitrogens with one attached hydrogen (secondary N) is 1. The fourth-order valence-corrected chi connectivity index (χ4v) is 4.16. The molecule has 1 atom stereocenters. The molecular formula is C19H18N4OS. The first-order valence-corrected chi connectivity index (χ1v) is 9.18. The lowest BCUT2D eigenvalue weighted by atomic mass is 9.90. The summed E-state index contributed by atoms with van der Waals surface area (Å²) in [4.78, 5) is 26.9. The minimum Gasteiger partial charge on any atom is -0.350 e. The largest absolute Gasteiger partial charge is 0.350 e. The first-order chi connectivity index (χ1) is 12.3. The molecule has 5 nitrogen and oxygen atoms in total. The van der Waals surface area contributed by atoms with E-state index in [0.717, 1.165) is 34.8 Å². The lowest BCUT2D eigenvalue weighted by Gasteiger charge is -2.20. The van der Waals surface area contributed by atoms with Gasteiger partial charge in [-0.15, -0.1) is 11.3 Å². The van der Waals surface area contributed by atoms with Crippen LogP contribution in [0.15, 0.2) is 48.9 Å². The van der Waals surface area contributed by atoms with Crippen LogP contribution in [-0.2, 0) is 24.2 Å². The first kappa shape index (κ1) is 15.9. The number of carbonyl (C=O) groups is 1. The van der Waals surface area contributed by atoms with Crippen LogP contribution >= 0.6 is 11.3 Å². The van der Waals surface area contributed by atoms with Crippen LogP contribution in [0.3, 0.4) is 0 Å². The standard InChI is InChI=1S/C19H18N4OS/c24-18(22-12-15-3-1-2-8-21-15)14-4-5-17-16(11-14)23-19(25-17)13-6-9-20-10-7-13/h1-3,6-10,14H,4-5,11-12H2,(H,22,24). The molecule has 0 saturated carbocycles. The summed E-state index contributed by atoms with van der Waals surface area (Å²) in [5.74, 6) is 0.0818. The van der Waals surface area contributed by atoms with Gasteiger partial charge in [0.2, 0.25) is 5.91 Å². The van der Waals surface area contributed by atoms with Gasteiger partial charge in [0.25, 0.3) is 0 Å². The molecule has 0 aliphatic heterocycles. The Morgan fingerprint density at radius 1 is 1.20 bits per heavy atom. The number of nitrogens with zero attached hydrogens (tertiary/aromatic N) is 3. The van der Waals surface area contributed by atoms with E-state index in [-0.39, 0.29) is 11.8 Å². The van der Waals surface area contributed by atoms with Gasteiger partial charge >= 0.3 is 0 Å². The molecule has 0 bridgehead atoms. The second kappa shape index (κ2) is 7.11. The van der Waals surface area contributed by atoms with Crippen molar-refractivity contribution in [3.05, 3.63) is 65.2 Å². The van der Waals surface area contributed by atoms with E-state index in [1.165, 1.54) is 4.88 Å². The third kappa shape index (κ3) is 3.58. The third-order valence-corrected chi connectivity index (χ3v) is 5.61. The fraction of sp³-hybridized carbons (Fsp3) is 0.263. The van der Waals surface area contributed by atoms with Crippen LogP contribution in [0, 0.1) is 5.92 Å². The summed E-state index contributed by atoms with van der Waals surface area (Å²) in [6, 6.07) is 9.66. The molecule has 0 radical (unpaired) electrons. The fourth-order valence-electron chi connectivity index (χ4n) is 3.05. The number of amides is 1. The maximum atomic E-state index is 12.5. The van der Waals surface area contributed by atoms with Gasteiger partial charge < -0.3 is 5.32 Å². The van der Waals surface area contributed by atoms with Crippen LogP contribution in [0.4, 0.5) is 0 Å². The molecule has 3 aromatic rings. The van der Waals surface area contributed by atoms with E-state index in [2.05, 4.69) is 15.3 Å². The number of hydrogen-bond acceptors (Lipinski definition) is 5. The molecule has 6 heteroatoms. The normalized spacial score (nSPS) is 16.2. The van der Waals surface area contributed by atoms with Gasteiger partial charge in [-0.05, 0) is 37.1 Å². The van der Waals surface area contributed by atoms with Gasteiger partial charge in [-0.1, -0.05) is 6.07 Å². The predicted molar refractivity (Wildman–Crippen MR) is 96.9 cm³/mol. The quantitative estimate of drug-likeness (QED) is 0.785. The van der Waals surface area contributed by atoms with Crippen LogP contribution in [0.1, 0.15) is 22.7 Å². The van der Waals surface area contributed by atoms with Crippen LogP contribution in [0.25, 0.3) is 10.6 Å². The third-order valence-electron chi connectivity index (χ3n) is 4.41. The number of aryl methyl sites for hydroxylation is 1. The molecule has 0 saturated heterocycles. The molecule has 1 amide bonds. The van der Waals surface area contributed by atoms with Crippen molar-refractivity contribution in [1.29, 1.82) is 0 Å². The maximum absolute atomic E-state index is 12.5. The van der Waals surface area contributed by atoms with Crippen LogP contribution < -0.4 is 5.32 Å². The molecule has 1 unspecified atom stereocenters. The summed E-state index contributed by atoms with van der Waals surface area (Å²) in [7, 11) is 0. The Morgan fingerprint density at radius 2 is 2.08 bits per heavy atom. The topological polar surface area (TPSA) is 67.8 Å². The Bertz CT molecular complexity index is 864. The Kier molecular flexibility index (Phi) is 4.52. The second-order valence-corrected chi connectivity index (χ2v) is 7.19. The van der Waals surface area contributed by atoms with Gasteiger partial charge in [0.1, 0.15) is 5.01 Å². The molecule has 126 valence electrons. The van der Waals surface area contributed by atoms with Crippen LogP contribution in [-0.4, -0.2) is 20.9 Å². The Balaban J connectivity index is 1.42. The average Bonchev–Trinajstić information content (AvgIpc) is 3.11. The molecule has 1 aliphatic carbocycles. The van der Waals surface area contributed by atoms with E-state index in [1.54, 1.807) is 29.9 Å². The van der Waals surface area contributed by atoms with E-state index < -0.39 is 0 Å². The summed E-state index contributed by atoms with van der Waals surface area (Å²) in [5, 5.41) is 4.02. The number of carbonyl (C=O) groups excluding carboxylic acids is 1. The SMILES string of the molecule is O=C(NCc1ccccn1)C1CCc2sc(-c3ccncc3)nc2C1. The zero-order chi connectivity index (χ0) is 17.1. The van der Waals surface area contributed by atoms with E-state index in [4.69, 9.17) is 4.98 Å². The van der Waals surface area contributed by atoms with Crippen molar-refractivity contribution in [2.75, 3.05) is 0 Å². The molecule has 4 rings (SSSR count). The van der Waals surface area contributed by atoms with E-state index in [9.17, 15) is 4.79 Å². The Labute approximate surface area is 150 Å². The van der Waals surface area contributed by atoms with Gasteiger partial charge in [-0.2, -0.15) is 0 Å². The minimum absolute atomic E-state index is 0.0106. The van der Waals surface area contributed by atoms with Gasteiger partial charge in [0.15, 0.2) is 0 Å². The number of fused-ring (bicyclic) bond motifs is 1. The van der Waals surface area contributed by atoms with Crippen molar-refractivity contribution in [1.82, 2.24) is 20.3 Å². The summed E-state index contributed by atoms with van der Waals surface area (Å²) in [5.41, 5.74) is 3.03. The molecule has 1 N–H and O–H groups in total. The number of pyridine rings is 2. The average molecular weight is 350 g/mol. The van der Waals surface area contributed by atoms with Gasteiger partial charge in [-0.25, -0.2) is 4.98 Å². The highest BCUT2D eigenvalue weighted by Crippen LogP contribution is 2.34. The highest BCUT2D eigenvalue weighted by Gasteiger charge is 2.27. The summed E-state index contributed by atoms with van der Waals surface area (Å²) >= 11 is 1.73. The second-order valence-electron chi connectivity index (χ2n) is 6.10. The van der Waals surface area contributed by atoms with Crippen molar-refractivity contribution in [3.8, 4) is 10.6 Å². The molecule has 0 aromatic carbocycles. The molecule has 25 heavy (non-hydrogen) atoms. The lowest BCUT2D eigenvalue weighted by Crippen LogP contribution is -2.33. The molecule has 3 heterocycles. The van der Waals surface area contributed by atoms with Crippen molar-refractivity contribution in [2.24, 2.45) is 5.92 Å². The Hall–Kier alpha value is -2.60. The van der Waals surface area contributed by atoms with Crippen LogP contribution in [0.2, 0.25) is 0 Å². The van der Waals surface area contributed by atoms with Crippen LogP contribution in [0.5, 0.6) is 0 Å². The van der Waals surface area contributed by atoms with E-state index in [1.807, 2.05) is 30.3 Å². The smallest absolute Gasteiger partial charge is 0.223 e. The minimum atomic E-state index is -0.0106. The molecular weight excluding hydrogens is 332 g/mol. The van der Waals surface area contributed by atoms with Crippen molar-refractivity contribution in [3.63, 3.8) is 0 Å². The maximum Gasteiger partial charge on any atom is 0.223 e. The molecule has 1 aliphatic rings. The molecule has 0 fully saturated rings. The summed E-state index contributed by atoms with van der Waals surface area (Å²) in [6.45, 7) is 0.475. The van der Waals surface area contributed by atoms with E-state index in [0.29, 0.717) is 13.0 Å². The summed E-state index contributed by atoms with van der Waals surface area (Å²) in [6.07, 6.45) is 7.81. The zero-order valence-electron chi connectivity index (χ0n) is 13.7. The highest BCUT2D eigenvalue weighted by molar-refractivity contribution is 7.15. The predicted octanol–water partition coefficient (Wildman–Crippen LogP) is 3.02. The van der Waals surface area contributed by atoms with Crippen molar-refractivity contribution >= 4 is 17.2 Å². The number of thiazole rings is 1. The van der Waals surface area contributed by atoms with Crippen molar-refractivity contribution < 1.29 is 4.79 Å². The van der Waals surface area contributed by atoms with Gasteiger partial charge in [0.05, 0.1) is 17.9 Å². The first-order valence-electron chi connectivity index (χ1n) is 8.36. The number of rotatable bonds is 4. The summed E-state index contributed by atoms with van der Waals surface area (Å²) < 4.78 is 0. The Morgan fingerprint density at radius 3 is 2.88 bits per heavy atom. The van der Waals surface area contributed by atoms with E-state index >= 15 is 0 Å². The molecule has 0 spiro atoms. The lowest BCUT2D eigenvalue weighted by molar-refractivity contribution is -0.125. The highest BCUT2D eigenvalue weighted by atomic mass is 32.1. The number of hydrogen-bond donors (Lipinski definition) is 1. The number of aromatic nitrogens is 3.